The molecule has 1 amide bonds. The SMILES string of the molecule is CC(C)Oc1ccc2c(Cl)nc(C(=O)N[C@H](CCCCN)C(=O)O)c(O)c2c1.O=C(O)C(F)(F)F. The molecule has 0 aliphatic rings. The number of unbranched alkanes of at least 4 members (excludes halogenated alkanes) is 1. The van der Waals surface area contributed by atoms with E-state index in [1.807, 2.05) is 13.8 Å². The third-order valence-corrected chi connectivity index (χ3v) is 4.57. The molecule has 0 unspecified atom stereocenters. The number of carbonyl (C=O) groups excluding carboxylic acids is 1. The zero-order valence-corrected chi connectivity index (χ0v) is 19.5. The Balaban J connectivity index is 0.000000762. The molecule has 0 radical (unpaired) electrons. The lowest BCUT2D eigenvalue weighted by Gasteiger charge is -2.16. The molecule has 10 nitrogen and oxygen atoms in total. The molecule has 0 bridgehead atoms. The van der Waals surface area contributed by atoms with Crippen LogP contribution in [0.1, 0.15) is 43.6 Å². The topological polar surface area (TPSA) is 172 Å². The lowest BCUT2D eigenvalue weighted by atomic mass is 10.1. The molecular weight excluding hydrogens is 499 g/mol. The molecular formula is C21H25ClF3N3O7. The maximum absolute atomic E-state index is 12.6. The minimum absolute atomic E-state index is 0.0176. The summed E-state index contributed by atoms with van der Waals surface area (Å²) < 4.78 is 37.3. The molecule has 0 spiro atoms. The Labute approximate surface area is 202 Å². The predicted octanol–water partition coefficient (Wildman–Crippen LogP) is 3.33. The molecule has 2 rings (SSSR count). The number of aliphatic carboxylic acids is 2. The lowest BCUT2D eigenvalue weighted by molar-refractivity contribution is -0.192. The smallest absolute Gasteiger partial charge is 0.490 e. The van der Waals surface area contributed by atoms with Gasteiger partial charge in [0.25, 0.3) is 5.91 Å². The first-order valence-electron chi connectivity index (χ1n) is 10.2. The van der Waals surface area contributed by atoms with Crippen LogP contribution in [0.2, 0.25) is 5.15 Å². The second-order valence-corrected chi connectivity index (χ2v) is 7.78. The zero-order valence-electron chi connectivity index (χ0n) is 18.7. The number of carboxylic acid groups (broad SMARTS) is 2. The summed E-state index contributed by atoms with van der Waals surface area (Å²) >= 11 is 6.16. The van der Waals surface area contributed by atoms with Crippen molar-refractivity contribution in [1.82, 2.24) is 10.3 Å². The number of nitrogens with one attached hydrogen (secondary N) is 1. The second kappa shape index (κ2) is 13.0. The first kappa shape index (κ1) is 29.7. The van der Waals surface area contributed by atoms with Gasteiger partial charge in [0.15, 0.2) is 11.4 Å². The highest BCUT2D eigenvalue weighted by molar-refractivity contribution is 6.35. The molecule has 14 heteroatoms. The Morgan fingerprint density at radius 1 is 1.17 bits per heavy atom. The minimum Gasteiger partial charge on any atom is -0.505 e. The van der Waals surface area contributed by atoms with Gasteiger partial charge in [0.2, 0.25) is 0 Å². The highest BCUT2D eigenvalue weighted by Gasteiger charge is 2.38. The number of nitrogens with two attached hydrogens (primary N) is 1. The molecule has 1 atom stereocenters. The number of hydrogen-bond acceptors (Lipinski definition) is 7. The summed E-state index contributed by atoms with van der Waals surface area (Å²) in [7, 11) is 0. The van der Waals surface area contributed by atoms with E-state index in [1.165, 1.54) is 0 Å². The standard InChI is InChI=1S/C19H24ClN3O5.C2HF3O2/c1-10(2)28-11-6-7-12-13(9-11)16(24)15(23-17(12)20)18(25)22-14(19(26)27)5-3-4-8-21;3-2(4,5)1(6)7/h6-7,9-10,14,24H,3-5,8,21H2,1-2H3,(H,22,25)(H,26,27);(H,6,7)/t14-;/m1./s1. The maximum Gasteiger partial charge on any atom is 0.490 e. The molecule has 194 valence electrons. The van der Waals surface area contributed by atoms with Crippen molar-refractivity contribution in [3.63, 3.8) is 0 Å². The van der Waals surface area contributed by atoms with Crippen molar-refractivity contribution in [2.75, 3.05) is 6.54 Å². The van der Waals surface area contributed by atoms with Crippen molar-refractivity contribution >= 4 is 40.2 Å². The van der Waals surface area contributed by atoms with Crippen molar-refractivity contribution in [2.45, 2.75) is 51.4 Å². The number of carbonyl (C=O) groups is 3. The van der Waals surface area contributed by atoms with E-state index >= 15 is 0 Å². The first-order valence-corrected chi connectivity index (χ1v) is 10.6. The van der Waals surface area contributed by atoms with Gasteiger partial charge in [-0.2, -0.15) is 13.2 Å². The number of carboxylic acids is 2. The van der Waals surface area contributed by atoms with Crippen molar-refractivity contribution in [1.29, 1.82) is 0 Å². The minimum atomic E-state index is -5.08. The number of aromatic nitrogens is 1. The third-order valence-electron chi connectivity index (χ3n) is 4.28. The van der Waals surface area contributed by atoms with Crippen molar-refractivity contribution in [3.8, 4) is 11.5 Å². The molecule has 35 heavy (non-hydrogen) atoms. The van der Waals surface area contributed by atoms with E-state index < -0.39 is 35.8 Å². The first-order chi connectivity index (χ1) is 16.2. The van der Waals surface area contributed by atoms with Crippen molar-refractivity contribution in [3.05, 3.63) is 29.0 Å². The molecule has 1 aromatic carbocycles. The van der Waals surface area contributed by atoms with Gasteiger partial charge in [0.1, 0.15) is 16.9 Å². The lowest BCUT2D eigenvalue weighted by Crippen LogP contribution is -2.41. The molecule has 1 aromatic heterocycles. The van der Waals surface area contributed by atoms with Gasteiger partial charge in [-0.3, -0.25) is 4.79 Å². The molecule has 0 aliphatic carbocycles. The van der Waals surface area contributed by atoms with E-state index in [0.29, 0.717) is 35.9 Å². The number of aromatic hydroxyl groups is 1. The Bertz CT molecular complexity index is 1060. The van der Waals surface area contributed by atoms with Crippen LogP contribution in [-0.4, -0.2) is 63.0 Å². The maximum atomic E-state index is 12.6. The Kier molecular flexibility index (Phi) is 11.0. The predicted molar refractivity (Wildman–Crippen MR) is 120 cm³/mol. The van der Waals surface area contributed by atoms with Crippen molar-refractivity contribution < 1.29 is 47.6 Å². The normalized spacial score (nSPS) is 12.0. The van der Waals surface area contributed by atoms with Gasteiger partial charge in [-0.15, -0.1) is 0 Å². The number of fused-ring (bicyclic) bond motifs is 1. The Morgan fingerprint density at radius 3 is 2.26 bits per heavy atom. The average molecular weight is 524 g/mol. The van der Waals surface area contributed by atoms with Crippen LogP contribution in [0.4, 0.5) is 13.2 Å². The zero-order chi connectivity index (χ0) is 26.9. The monoisotopic (exact) mass is 523 g/mol. The van der Waals surface area contributed by atoms with E-state index in [0.717, 1.165) is 0 Å². The highest BCUT2D eigenvalue weighted by atomic mass is 35.5. The van der Waals surface area contributed by atoms with Crippen LogP contribution in [0.5, 0.6) is 11.5 Å². The number of halogens is 4. The number of amides is 1. The molecule has 1 heterocycles. The molecule has 0 aliphatic heterocycles. The van der Waals surface area contributed by atoms with Gasteiger partial charge in [0.05, 0.1) is 6.10 Å². The Hall–Kier alpha value is -3.32. The highest BCUT2D eigenvalue weighted by Crippen LogP contribution is 2.34. The van der Waals surface area contributed by atoms with Crippen LogP contribution in [0.15, 0.2) is 18.2 Å². The van der Waals surface area contributed by atoms with Gasteiger partial charge in [-0.05, 0) is 57.9 Å². The van der Waals surface area contributed by atoms with Gasteiger partial charge in [0, 0.05) is 10.8 Å². The summed E-state index contributed by atoms with van der Waals surface area (Å²) in [5.74, 6) is -4.65. The van der Waals surface area contributed by atoms with Gasteiger partial charge >= 0.3 is 18.1 Å². The number of rotatable bonds is 9. The quantitative estimate of drug-likeness (QED) is 0.244. The van der Waals surface area contributed by atoms with Crippen LogP contribution in [0.25, 0.3) is 10.8 Å². The van der Waals surface area contributed by atoms with E-state index in [9.17, 15) is 33.0 Å². The molecule has 0 saturated heterocycles. The van der Waals surface area contributed by atoms with Crippen LogP contribution in [0, 0.1) is 0 Å². The molecule has 0 fully saturated rings. The molecule has 2 aromatic rings. The number of ether oxygens (including phenoxy) is 1. The third kappa shape index (κ3) is 9.09. The number of pyridine rings is 1. The van der Waals surface area contributed by atoms with Gasteiger partial charge in [-0.25, -0.2) is 14.6 Å². The average Bonchev–Trinajstić information content (AvgIpc) is 2.74. The number of hydrogen-bond donors (Lipinski definition) is 5. The fourth-order valence-corrected chi connectivity index (χ4v) is 2.97. The fraction of sp³-hybridized carbons (Fsp3) is 0.429. The summed E-state index contributed by atoms with van der Waals surface area (Å²) in [5.41, 5.74) is 5.07. The van der Waals surface area contributed by atoms with Crippen LogP contribution >= 0.6 is 11.6 Å². The van der Waals surface area contributed by atoms with Gasteiger partial charge in [-0.1, -0.05) is 11.6 Å². The molecule has 0 saturated carbocycles. The van der Waals surface area contributed by atoms with E-state index in [-0.39, 0.29) is 23.4 Å². The summed E-state index contributed by atoms with van der Waals surface area (Å²) in [6, 6.07) is 3.76. The molecule has 6 N–H and O–H groups in total. The van der Waals surface area contributed by atoms with Crippen LogP contribution in [-0.2, 0) is 9.59 Å². The summed E-state index contributed by atoms with van der Waals surface area (Å²) in [6.07, 6.45) is -3.76. The number of alkyl halides is 3. The largest absolute Gasteiger partial charge is 0.505 e. The van der Waals surface area contributed by atoms with Gasteiger partial charge < -0.3 is 31.1 Å². The summed E-state index contributed by atoms with van der Waals surface area (Å²) in [5, 5.41) is 30.1. The van der Waals surface area contributed by atoms with Crippen LogP contribution in [0.3, 0.4) is 0 Å². The van der Waals surface area contributed by atoms with Crippen molar-refractivity contribution in [2.24, 2.45) is 5.73 Å². The summed E-state index contributed by atoms with van der Waals surface area (Å²) in [4.78, 5) is 36.8. The summed E-state index contributed by atoms with van der Waals surface area (Å²) in [6.45, 7) is 4.15. The van der Waals surface area contributed by atoms with E-state index in [2.05, 4.69) is 10.3 Å². The number of nitrogens with zero attached hydrogens (tertiary/aromatic N) is 1. The fourth-order valence-electron chi connectivity index (χ4n) is 2.72. The number of benzene rings is 1. The Morgan fingerprint density at radius 2 is 1.77 bits per heavy atom. The second-order valence-electron chi connectivity index (χ2n) is 7.43. The van der Waals surface area contributed by atoms with Crippen LogP contribution < -0.4 is 15.8 Å². The van der Waals surface area contributed by atoms with E-state index in [4.69, 9.17) is 32.0 Å². The van der Waals surface area contributed by atoms with E-state index in [1.54, 1.807) is 18.2 Å².